The van der Waals surface area contributed by atoms with Crippen molar-refractivity contribution in [3.05, 3.63) is 55.1 Å². The number of ketones is 1. The van der Waals surface area contributed by atoms with E-state index in [4.69, 9.17) is 0 Å². The lowest BCUT2D eigenvalue weighted by Crippen LogP contribution is -2.10. The van der Waals surface area contributed by atoms with Gasteiger partial charge in [0.05, 0.1) is 10.9 Å². The number of thiophene rings is 1. The predicted octanol–water partition coefficient (Wildman–Crippen LogP) is 4.76. The molecule has 1 aromatic heterocycles. The van der Waals surface area contributed by atoms with Gasteiger partial charge in [0.2, 0.25) is 0 Å². The van der Waals surface area contributed by atoms with Crippen LogP contribution in [0.3, 0.4) is 0 Å². The maximum Gasteiger partial charge on any atom is 0.195 e. The molecule has 2 rings (SSSR count). The van der Waals surface area contributed by atoms with Gasteiger partial charge in [-0.2, -0.15) is 5.26 Å². The molecule has 18 heavy (non-hydrogen) atoms. The van der Waals surface area contributed by atoms with E-state index in [0.29, 0.717) is 10.4 Å². The number of Topliss-reactive ketones (excluding diaryl/α,β-unsaturated/α-hetero) is 1. The Morgan fingerprint density at radius 2 is 2.11 bits per heavy atom. The summed E-state index contributed by atoms with van der Waals surface area (Å²) in [6.07, 6.45) is 0. The van der Waals surface area contributed by atoms with Gasteiger partial charge in [0, 0.05) is 8.95 Å². The average molecular weight is 385 g/mol. The van der Waals surface area contributed by atoms with Crippen LogP contribution in [0.5, 0.6) is 0 Å². The Morgan fingerprint density at radius 3 is 2.67 bits per heavy atom. The number of hydrogen-bond donors (Lipinski definition) is 0. The van der Waals surface area contributed by atoms with E-state index in [1.165, 1.54) is 11.3 Å². The first kappa shape index (κ1) is 13.5. The first-order chi connectivity index (χ1) is 8.63. The van der Waals surface area contributed by atoms with Crippen LogP contribution in [0.4, 0.5) is 0 Å². The standard InChI is InChI=1S/C13H7Br2NOS/c14-9-3-1-2-8(6-9)10(7-16)12(17)13-11(15)4-5-18-13/h1-6,10H. The van der Waals surface area contributed by atoms with E-state index < -0.39 is 5.92 Å². The molecule has 1 heterocycles. The van der Waals surface area contributed by atoms with Crippen LogP contribution in [0.15, 0.2) is 44.7 Å². The van der Waals surface area contributed by atoms with Crippen molar-refractivity contribution in [1.29, 1.82) is 5.26 Å². The van der Waals surface area contributed by atoms with E-state index in [1.54, 1.807) is 12.1 Å². The summed E-state index contributed by atoms with van der Waals surface area (Å²) in [5, 5.41) is 11.1. The number of rotatable bonds is 3. The number of carbonyl (C=O) groups excluding carboxylic acids is 1. The Balaban J connectivity index is 2.39. The largest absolute Gasteiger partial charge is 0.291 e. The molecule has 0 N–H and O–H groups in total. The van der Waals surface area contributed by atoms with E-state index in [0.717, 1.165) is 8.95 Å². The summed E-state index contributed by atoms with van der Waals surface area (Å²) < 4.78 is 1.60. The smallest absolute Gasteiger partial charge is 0.195 e. The summed E-state index contributed by atoms with van der Waals surface area (Å²) in [5.74, 6) is -0.935. The van der Waals surface area contributed by atoms with Gasteiger partial charge in [-0.15, -0.1) is 11.3 Å². The van der Waals surface area contributed by atoms with Crippen LogP contribution in [0.1, 0.15) is 21.2 Å². The van der Waals surface area contributed by atoms with Crippen molar-refractivity contribution in [2.24, 2.45) is 0 Å². The molecule has 2 aromatic rings. The van der Waals surface area contributed by atoms with Crippen molar-refractivity contribution in [3.8, 4) is 6.07 Å². The molecule has 5 heteroatoms. The van der Waals surface area contributed by atoms with Crippen molar-refractivity contribution in [2.45, 2.75) is 5.92 Å². The second-order valence-corrected chi connectivity index (χ2v) is 6.27. The molecule has 0 aliphatic heterocycles. The molecule has 1 aromatic carbocycles. The van der Waals surface area contributed by atoms with Crippen LogP contribution in [-0.2, 0) is 0 Å². The van der Waals surface area contributed by atoms with Gasteiger partial charge in [-0.05, 0) is 45.1 Å². The Bertz CT molecular complexity index is 630. The van der Waals surface area contributed by atoms with Crippen molar-refractivity contribution in [3.63, 3.8) is 0 Å². The highest BCUT2D eigenvalue weighted by Gasteiger charge is 2.24. The fourth-order valence-corrected chi connectivity index (χ4v) is 3.53. The highest BCUT2D eigenvalue weighted by atomic mass is 79.9. The van der Waals surface area contributed by atoms with Gasteiger partial charge < -0.3 is 0 Å². The zero-order chi connectivity index (χ0) is 13.1. The quantitative estimate of drug-likeness (QED) is 0.715. The van der Waals surface area contributed by atoms with Crippen molar-refractivity contribution in [2.75, 3.05) is 0 Å². The topological polar surface area (TPSA) is 40.9 Å². The van der Waals surface area contributed by atoms with E-state index in [2.05, 4.69) is 37.9 Å². The number of carbonyl (C=O) groups is 1. The van der Waals surface area contributed by atoms with E-state index >= 15 is 0 Å². The van der Waals surface area contributed by atoms with Gasteiger partial charge in [0.25, 0.3) is 0 Å². The lowest BCUT2D eigenvalue weighted by molar-refractivity contribution is 0.0982. The van der Waals surface area contributed by atoms with Crippen LogP contribution < -0.4 is 0 Å². The van der Waals surface area contributed by atoms with Crippen LogP contribution in [-0.4, -0.2) is 5.78 Å². The zero-order valence-electron chi connectivity index (χ0n) is 9.06. The molecular formula is C13H7Br2NOS. The molecule has 0 saturated heterocycles. The second kappa shape index (κ2) is 5.79. The Labute approximate surface area is 126 Å². The first-order valence-electron chi connectivity index (χ1n) is 5.05. The molecule has 0 amide bonds. The van der Waals surface area contributed by atoms with E-state index in [1.807, 2.05) is 23.6 Å². The van der Waals surface area contributed by atoms with Gasteiger partial charge in [0.1, 0.15) is 5.92 Å². The molecule has 1 atom stereocenters. The fourth-order valence-electron chi connectivity index (χ4n) is 1.57. The molecule has 0 radical (unpaired) electrons. The lowest BCUT2D eigenvalue weighted by Gasteiger charge is -2.08. The monoisotopic (exact) mass is 383 g/mol. The number of hydrogen-bond acceptors (Lipinski definition) is 3. The SMILES string of the molecule is N#CC(C(=O)c1sccc1Br)c1cccc(Br)c1. The van der Waals surface area contributed by atoms with Crippen LogP contribution >= 0.6 is 43.2 Å². The highest BCUT2D eigenvalue weighted by Crippen LogP contribution is 2.30. The third-order valence-corrected chi connectivity index (χ3v) is 4.76. The summed E-state index contributed by atoms with van der Waals surface area (Å²) in [6.45, 7) is 0. The average Bonchev–Trinajstić information content (AvgIpc) is 2.76. The maximum absolute atomic E-state index is 12.3. The third-order valence-electron chi connectivity index (χ3n) is 2.41. The molecule has 1 unspecified atom stereocenters. The summed E-state index contributed by atoms with van der Waals surface area (Å²) in [5.41, 5.74) is 0.706. The molecule has 0 fully saturated rings. The summed E-state index contributed by atoms with van der Waals surface area (Å²) in [7, 11) is 0. The van der Waals surface area contributed by atoms with Crippen LogP contribution in [0.25, 0.3) is 0 Å². The lowest BCUT2D eigenvalue weighted by atomic mass is 9.95. The summed E-state index contributed by atoms with van der Waals surface area (Å²) >= 11 is 8.01. The fraction of sp³-hybridized carbons (Fsp3) is 0.0769. The Kier molecular flexibility index (Phi) is 4.33. The van der Waals surface area contributed by atoms with Gasteiger partial charge in [-0.25, -0.2) is 0 Å². The summed E-state index contributed by atoms with van der Waals surface area (Å²) in [6, 6.07) is 11.2. The molecule has 2 nitrogen and oxygen atoms in total. The summed E-state index contributed by atoms with van der Waals surface area (Å²) in [4.78, 5) is 12.9. The van der Waals surface area contributed by atoms with Gasteiger partial charge in [0.15, 0.2) is 5.78 Å². The molecule has 0 aliphatic carbocycles. The van der Waals surface area contributed by atoms with Gasteiger partial charge in [-0.3, -0.25) is 4.79 Å². The van der Waals surface area contributed by atoms with Crippen molar-refractivity contribution < 1.29 is 4.79 Å². The minimum absolute atomic E-state index is 0.169. The maximum atomic E-state index is 12.3. The van der Waals surface area contributed by atoms with E-state index in [-0.39, 0.29) is 5.78 Å². The van der Waals surface area contributed by atoms with Crippen LogP contribution in [0, 0.1) is 11.3 Å². The number of halogens is 2. The Morgan fingerprint density at radius 1 is 1.33 bits per heavy atom. The van der Waals surface area contributed by atoms with Gasteiger partial charge in [-0.1, -0.05) is 28.1 Å². The molecule has 0 aliphatic rings. The number of benzene rings is 1. The molecular weight excluding hydrogens is 378 g/mol. The normalized spacial score (nSPS) is 11.8. The predicted molar refractivity (Wildman–Crippen MR) is 78.8 cm³/mol. The Hall–Kier alpha value is -0.960. The number of nitrogens with zero attached hydrogens (tertiary/aromatic N) is 1. The van der Waals surface area contributed by atoms with Crippen molar-refractivity contribution >= 4 is 49.0 Å². The third kappa shape index (κ3) is 2.72. The molecule has 0 bridgehead atoms. The van der Waals surface area contributed by atoms with Crippen molar-refractivity contribution in [1.82, 2.24) is 0 Å². The molecule has 0 spiro atoms. The molecule has 0 saturated carbocycles. The first-order valence-corrected chi connectivity index (χ1v) is 7.52. The zero-order valence-corrected chi connectivity index (χ0v) is 13.0. The number of nitriles is 1. The minimum Gasteiger partial charge on any atom is -0.291 e. The second-order valence-electron chi connectivity index (χ2n) is 3.58. The minimum atomic E-state index is -0.766. The van der Waals surface area contributed by atoms with Crippen LogP contribution in [0.2, 0.25) is 0 Å². The van der Waals surface area contributed by atoms with Gasteiger partial charge >= 0.3 is 0 Å². The van der Waals surface area contributed by atoms with E-state index in [9.17, 15) is 10.1 Å². The highest BCUT2D eigenvalue weighted by molar-refractivity contribution is 9.10. The molecule has 90 valence electrons.